The van der Waals surface area contributed by atoms with Crippen LogP contribution in [0.1, 0.15) is 18.4 Å². The zero-order valence-electron chi connectivity index (χ0n) is 9.27. The number of hydrogen-bond acceptors (Lipinski definition) is 2. The van der Waals surface area contributed by atoms with E-state index in [0.29, 0.717) is 19.0 Å². The van der Waals surface area contributed by atoms with Crippen LogP contribution in [0.3, 0.4) is 0 Å². The van der Waals surface area contributed by atoms with E-state index in [1.54, 1.807) is 0 Å². The molecule has 1 heterocycles. The highest BCUT2D eigenvalue weighted by atomic mass is 127. The molecule has 1 aromatic rings. The minimum atomic E-state index is 0.369. The molecular weight excluding hydrogens is 315 g/mol. The maximum absolute atomic E-state index is 5.61. The van der Waals surface area contributed by atoms with Gasteiger partial charge >= 0.3 is 0 Å². The quantitative estimate of drug-likeness (QED) is 0.623. The molecule has 16 heavy (non-hydrogen) atoms. The summed E-state index contributed by atoms with van der Waals surface area (Å²) in [6, 6.07) is 10.6. The molecule has 0 bridgehead atoms. The second kappa shape index (κ2) is 6.57. The average Bonchev–Trinajstić information content (AvgIpc) is 2.38. The van der Waals surface area contributed by atoms with Crippen molar-refractivity contribution in [1.82, 2.24) is 0 Å². The van der Waals surface area contributed by atoms with E-state index in [2.05, 4.69) is 52.9 Å². The normalized spacial score (nSPS) is 25.6. The topological polar surface area (TPSA) is 18.5 Å². The highest BCUT2D eigenvalue weighted by Gasteiger charge is 2.21. The zero-order chi connectivity index (χ0) is 11.2. The Morgan fingerprint density at radius 3 is 2.62 bits per heavy atom. The van der Waals surface area contributed by atoms with E-state index >= 15 is 0 Å². The van der Waals surface area contributed by atoms with Crippen molar-refractivity contribution in [3.63, 3.8) is 0 Å². The van der Waals surface area contributed by atoms with E-state index in [1.807, 2.05) is 0 Å². The first-order chi connectivity index (χ1) is 7.88. The maximum Gasteiger partial charge on any atom is 0.147 e. The Bertz CT molecular complexity index is 302. The van der Waals surface area contributed by atoms with Crippen LogP contribution in [-0.4, -0.2) is 23.4 Å². The molecule has 0 radical (unpaired) electrons. The molecule has 3 heteroatoms. The van der Waals surface area contributed by atoms with Crippen LogP contribution >= 0.6 is 22.6 Å². The van der Waals surface area contributed by atoms with Gasteiger partial charge in [-0.25, -0.2) is 0 Å². The van der Waals surface area contributed by atoms with Crippen LogP contribution in [-0.2, 0) is 15.9 Å². The van der Waals surface area contributed by atoms with Crippen molar-refractivity contribution in [2.75, 3.05) is 11.2 Å². The minimum absolute atomic E-state index is 0.369. The van der Waals surface area contributed by atoms with E-state index in [1.165, 1.54) is 5.56 Å². The Morgan fingerprint density at radius 1 is 1.12 bits per heavy atom. The Morgan fingerprint density at radius 2 is 1.88 bits per heavy atom. The molecule has 0 saturated carbocycles. The van der Waals surface area contributed by atoms with Gasteiger partial charge < -0.3 is 9.47 Å². The van der Waals surface area contributed by atoms with Crippen LogP contribution in [0, 0.1) is 0 Å². The summed E-state index contributed by atoms with van der Waals surface area (Å²) < 4.78 is 12.1. The molecule has 0 aliphatic carbocycles. The molecule has 1 aromatic carbocycles. The number of rotatable bonds is 4. The predicted molar refractivity (Wildman–Crippen MR) is 72.9 cm³/mol. The molecule has 0 spiro atoms. The average molecular weight is 332 g/mol. The summed E-state index contributed by atoms with van der Waals surface area (Å²) in [6.07, 6.45) is 3.99. The van der Waals surface area contributed by atoms with Gasteiger partial charge in [-0.15, -0.1) is 0 Å². The first kappa shape index (κ1) is 12.3. The summed E-state index contributed by atoms with van der Waals surface area (Å²) in [5.41, 5.74) is 1.39. The van der Waals surface area contributed by atoms with Gasteiger partial charge in [0.25, 0.3) is 0 Å². The van der Waals surface area contributed by atoms with Crippen molar-refractivity contribution >= 4 is 22.6 Å². The van der Waals surface area contributed by atoms with Crippen LogP contribution in [0.25, 0.3) is 0 Å². The van der Waals surface area contributed by atoms with Crippen molar-refractivity contribution in [3.8, 4) is 0 Å². The zero-order valence-corrected chi connectivity index (χ0v) is 11.4. The van der Waals surface area contributed by atoms with E-state index < -0.39 is 0 Å². The standard InChI is InChI=1S/C13H17IO2/c14-9-13-8-12(15-10-16-13)7-6-11-4-2-1-3-5-11/h1-5,12-13H,6-10H2/t12-,13-/m1/s1. The second-order valence-electron chi connectivity index (χ2n) is 4.11. The van der Waals surface area contributed by atoms with Crippen molar-refractivity contribution in [2.24, 2.45) is 0 Å². The Kier molecular flexibility index (Phi) is 5.06. The first-order valence-corrected chi connectivity index (χ1v) is 7.24. The fraction of sp³-hybridized carbons (Fsp3) is 0.538. The lowest BCUT2D eigenvalue weighted by molar-refractivity contribution is -0.168. The van der Waals surface area contributed by atoms with E-state index in [4.69, 9.17) is 9.47 Å². The van der Waals surface area contributed by atoms with Gasteiger partial charge in [-0.1, -0.05) is 52.9 Å². The number of hydrogen-bond donors (Lipinski definition) is 0. The highest BCUT2D eigenvalue weighted by Crippen LogP contribution is 2.19. The van der Waals surface area contributed by atoms with Gasteiger partial charge in [0.15, 0.2) is 0 Å². The largest absolute Gasteiger partial charge is 0.352 e. The molecule has 2 rings (SSSR count). The smallest absolute Gasteiger partial charge is 0.147 e. The lowest BCUT2D eigenvalue weighted by atomic mass is 10.0. The van der Waals surface area contributed by atoms with Crippen molar-refractivity contribution in [3.05, 3.63) is 35.9 Å². The molecular formula is C13H17IO2. The summed E-state index contributed by atoms with van der Waals surface area (Å²) in [6.45, 7) is 0.465. The third-order valence-corrected chi connectivity index (χ3v) is 3.89. The van der Waals surface area contributed by atoms with Crippen molar-refractivity contribution in [2.45, 2.75) is 31.5 Å². The summed E-state index contributed by atoms with van der Waals surface area (Å²) in [5, 5.41) is 0. The lowest BCUT2D eigenvalue weighted by Crippen LogP contribution is -2.32. The molecule has 0 amide bonds. The van der Waals surface area contributed by atoms with E-state index in [9.17, 15) is 0 Å². The number of ether oxygens (including phenoxy) is 2. The Balaban J connectivity index is 1.77. The third kappa shape index (κ3) is 3.71. The molecule has 88 valence electrons. The molecule has 1 fully saturated rings. The molecule has 1 aliphatic heterocycles. The summed E-state index contributed by atoms with van der Waals surface area (Å²) in [7, 11) is 0. The molecule has 0 N–H and O–H groups in total. The van der Waals surface area contributed by atoms with Gasteiger partial charge in [-0.3, -0.25) is 0 Å². The van der Waals surface area contributed by atoms with Gasteiger partial charge in [0.2, 0.25) is 0 Å². The fourth-order valence-electron chi connectivity index (χ4n) is 1.94. The summed E-state index contributed by atoms with van der Waals surface area (Å²) in [4.78, 5) is 0. The third-order valence-electron chi connectivity index (χ3n) is 2.90. The fourth-order valence-corrected chi connectivity index (χ4v) is 2.56. The van der Waals surface area contributed by atoms with E-state index in [0.717, 1.165) is 23.7 Å². The summed E-state index contributed by atoms with van der Waals surface area (Å²) in [5.74, 6) is 0. The SMILES string of the molecule is IC[C@H]1C[C@@H](CCc2ccccc2)OCO1. The van der Waals surface area contributed by atoms with Gasteiger partial charge in [0.05, 0.1) is 12.2 Å². The minimum Gasteiger partial charge on any atom is -0.352 e. The Labute approximate surface area is 110 Å². The van der Waals surface area contributed by atoms with Crippen molar-refractivity contribution in [1.29, 1.82) is 0 Å². The molecule has 2 atom stereocenters. The van der Waals surface area contributed by atoms with Gasteiger partial charge in [-0.05, 0) is 18.4 Å². The highest BCUT2D eigenvalue weighted by molar-refractivity contribution is 14.1. The number of aryl methyl sites for hydroxylation is 1. The van der Waals surface area contributed by atoms with Gasteiger partial charge in [0, 0.05) is 10.8 Å². The van der Waals surface area contributed by atoms with Crippen LogP contribution in [0.2, 0.25) is 0 Å². The van der Waals surface area contributed by atoms with Gasteiger partial charge in [-0.2, -0.15) is 0 Å². The lowest BCUT2D eigenvalue weighted by Gasteiger charge is -2.28. The second-order valence-corrected chi connectivity index (χ2v) is 4.99. The number of benzene rings is 1. The Hall–Kier alpha value is -0.130. The first-order valence-electron chi connectivity index (χ1n) is 5.71. The molecule has 0 unspecified atom stereocenters. The number of halogens is 1. The van der Waals surface area contributed by atoms with Crippen LogP contribution in [0.4, 0.5) is 0 Å². The van der Waals surface area contributed by atoms with Crippen LogP contribution < -0.4 is 0 Å². The number of alkyl halides is 1. The summed E-state index contributed by atoms with van der Waals surface area (Å²) >= 11 is 2.38. The molecule has 2 nitrogen and oxygen atoms in total. The molecule has 1 saturated heterocycles. The van der Waals surface area contributed by atoms with Crippen LogP contribution in [0.15, 0.2) is 30.3 Å². The molecule has 0 aromatic heterocycles. The van der Waals surface area contributed by atoms with Crippen LogP contribution in [0.5, 0.6) is 0 Å². The predicted octanol–water partition coefficient (Wildman–Crippen LogP) is 3.19. The van der Waals surface area contributed by atoms with Crippen molar-refractivity contribution < 1.29 is 9.47 Å². The van der Waals surface area contributed by atoms with E-state index in [-0.39, 0.29) is 0 Å². The monoisotopic (exact) mass is 332 g/mol. The maximum atomic E-state index is 5.61. The van der Waals surface area contributed by atoms with Gasteiger partial charge in [0.1, 0.15) is 6.79 Å². The molecule has 1 aliphatic rings.